The van der Waals surface area contributed by atoms with Crippen molar-refractivity contribution in [2.75, 3.05) is 13.1 Å². The fraction of sp³-hybridized carbons (Fsp3) is 0.750. The summed E-state index contributed by atoms with van der Waals surface area (Å²) < 4.78 is 0. The second kappa shape index (κ2) is 9.18. The van der Waals surface area contributed by atoms with Gasteiger partial charge in [-0.2, -0.15) is 0 Å². The molecule has 0 radical (unpaired) electrons. The zero-order valence-electron chi connectivity index (χ0n) is 11.5. The van der Waals surface area contributed by atoms with Gasteiger partial charge in [-0.15, -0.1) is 0 Å². The largest absolute Gasteiger partial charge is 0.480 e. The number of carboxylic acids is 1. The summed E-state index contributed by atoms with van der Waals surface area (Å²) in [5, 5.41) is 11.2. The summed E-state index contributed by atoms with van der Waals surface area (Å²) in [6.07, 6.45) is 2.73. The third kappa shape index (κ3) is 7.28. The van der Waals surface area contributed by atoms with Crippen LogP contribution in [0.25, 0.3) is 0 Å². The molecular formula is C12H23N3O4. The molecule has 0 spiro atoms. The van der Waals surface area contributed by atoms with Gasteiger partial charge in [0, 0.05) is 6.54 Å². The summed E-state index contributed by atoms with van der Waals surface area (Å²) in [5.41, 5.74) is 5.04. The molecule has 1 atom stereocenters. The van der Waals surface area contributed by atoms with Crippen LogP contribution >= 0.6 is 0 Å². The van der Waals surface area contributed by atoms with Crippen molar-refractivity contribution in [2.45, 2.75) is 45.6 Å². The standard InChI is InChI=1S/C12H23N3O4/c1-3-5-6-9(14-12(13)19)11(18)15(7-4-2)8-10(16)17/h9H,3-8H2,1-2H3,(H,16,17)(H3,13,14,19). The number of urea groups is 1. The van der Waals surface area contributed by atoms with Gasteiger partial charge in [-0.1, -0.05) is 26.7 Å². The molecule has 7 nitrogen and oxygen atoms in total. The molecule has 0 saturated heterocycles. The molecule has 0 aromatic carbocycles. The van der Waals surface area contributed by atoms with E-state index in [9.17, 15) is 14.4 Å². The highest BCUT2D eigenvalue weighted by Gasteiger charge is 2.25. The van der Waals surface area contributed by atoms with Crippen LogP contribution in [0.1, 0.15) is 39.5 Å². The van der Waals surface area contributed by atoms with E-state index in [1.54, 1.807) is 0 Å². The zero-order valence-corrected chi connectivity index (χ0v) is 11.5. The topological polar surface area (TPSA) is 113 Å². The van der Waals surface area contributed by atoms with E-state index >= 15 is 0 Å². The molecule has 4 N–H and O–H groups in total. The molecule has 0 bridgehead atoms. The number of hydrogen-bond donors (Lipinski definition) is 3. The van der Waals surface area contributed by atoms with Crippen molar-refractivity contribution in [3.8, 4) is 0 Å². The molecule has 0 aliphatic carbocycles. The summed E-state index contributed by atoms with van der Waals surface area (Å²) >= 11 is 0. The Morgan fingerprint density at radius 1 is 1.26 bits per heavy atom. The SMILES string of the molecule is CCCCC(NC(N)=O)C(=O)N(CCC)CC(=O)O. The maximum Gasteiger partial charge on any atom is 0.323 e. The number of hydrogen-bond acceptors (Lipinski definition) is 3. The second-order valence-corrected chi connectivity index (χ2v) is 4.36. The van der Waals surface area contributed by atoms with Crippen LogP contribution in [0.2, 0.25) is 0 Å². The normalized spacial score (nSPS) is 11.7. The lowest BCUT2D eigenvalue weighted by Crippen LogP contribution is -2.51. The lowest BCUT2D eigenvalue weighted by molar-refractivity contribution is -0.145. The minimum atomic E-state index is -1.07. The number of nitrogens with two attached hydrogens (primary N) is 1. The summed E-state index contributed by atoms with van der Waals surface area (Å²) in [5.74, 6) is -1.47. The van der Waals surface area contributed by atoms with Gasteiger partial charge in [-0.05, 0) is 12.8 Å². The number of primary amides is 1. The van der Waals surface area contributed by atoms with Gasteiger partial charge >= 0.3 is 12.0 Å². The van der Waals surface area contributed by atoms with Crippen molar-refractivity contribution in [3.05, 3.63) is 0 Å². The van der Waals surface area contributed by atoms with Crippen LogP contribution in [0.5, 0.6) is 0 Å². The first-order chi connectivity index (χ1) is 8.92. The first kappa shape index (κ1) is 17.2. The molecule has 0 rings (SSSR count). The number of unbranched alkanes of at least 4 members (excludes halogenated alkanes) is 1. The molecule has 0 aromatic rings. The number of carbonyl (C=O) groups is 3. The number of amides is 3. The predicted octanol–water partition coefficient (Wildman–Crippen LogP) is 0.537. The first-order valence-corrected chi connectivity index (χ1v) is 6.48. The van der Waals surface area contributed by atoms with E-state index in [0.717, 1.165) is 12.8 Å². The molecule has 0 saturated carbocycles. The molecule has 0 aliphatic rings. The molecule has 110 valence electrons. The van der Waals surface area contributed by atoms with Crippen molar-refractivity contribution >= 4 is 17.9 Å². The molecule has 19 heavy (non-hydrogen) atoms. The van der Waals surface area contributed by atoms with Crippen molar-refractivity contribution in [3.63, 3.8) is 0 Å². The van der Waals surface area contributed by atoms with Crippen LogP contribution in [0.4, 0.5) is 4.79 Å². The maximum atomic E-state index is 12.2. The molecule has 0 fully saturated rings. The third-order valence-corrected chi connectivity index (χ3v) is 2.59. The fourth-order valence-corrected chi connectivity index (χ4v) is 1.76. The minimum Gasteiger partial charge on any atom is -0.480 e. The van der Waals surface area contributed by atoms with Crippen molar-refractivity contribution < 1.29 is 19.5 Å². The molecule has 0 aliphatic heterocycles. The van der Waals surface area contributed by atoms with E-state index < -0.39 is 23.9 Å². The highest BCUT2D eigenvalue weighted by atomic mass is 16.4. The Balaban J connectivity index is 4.77. The Morgan fingerprint density at radius 3 is 2.32 bits per heavy atom. The molecule has 3 amide bonds. The van der Waals surface area contributed by atoms with Crippen LogP contribution in [-0.4, -0.2) is 47.0 Å². The fourth-order valence-electron chi connectivity index (χ4n) is 1.76. The maximum absolute atomic E-state index is 12.2. The number of carboxylic acid groups (broad SMARTS) is 1. The van der Waals surface area contributed by atoms with Gasteiger partial charge in [-0.3, -0.25) is 9.59 Å². The quantitative estimate of drug-likeness (QED) is 0.569. The number of nitrogens with one attached hydrogen (secondary N) is 1. The number of carbonyl (C=O) groups excluding carboxylic acids is 2. The monoisotopic (exact) mass is 273 g/mol. The van der Waals surface area contributed by atoms with Crippen molar-refractivity contribution in [1.82, 2.24) is 10.2 Å². The Labute approximate surface area is 113 Å². The lowest BCUT2D eigenvalue weighted by atomic mass is 10.1. The van der Waals surface area contributed by atoms with Gasteiger partial charge in [0.25, 0.3) is 0 Å². The van der Waals surface area contributed by atoms with Crippen molar-refractivity contribution in [2.24, 2.45) is 5.73 Å². The van der Waals surface area contributed by atoms with Gasteiger partial charge in [0.05, 0.1) is 0 Å². The summed E-state index contributed by atoms with van der Waals surface area (Å²) in [7, 11) is 0. The highest BCUT2D eigenvalue weighted by Crippen LogP contribution is 2.06. The van der Waals surface area contributed by atoms with Crippen LogP contribution in [0, 0.1) is 0 Å². The first-order valence-electron chi connectivity index (χ1n) is 6.48. The number of aliphatic carboxylic acids is 1. The van der Waals surface area contributed by atoms with Gasteiger partial charge in [0.1, 0.15) is 12.6 Å². The van der Waals surface area contributed by atoms with E-state index in [1.165, 1.54) is 4.90 Å². The van der Waals surface area contributed by atoms with Crippen LogP contribution in [0.15, 0.2) is 0 Å². The van der Waals surface area contributed by atoms with Crippen LogP contribution in [0.3, 0.4) is 0 Å². The summed E-state index contributed by atoms with van der Waals surface area (Å²) in [6.45, 7) is 3.79. The van der Waals surface area contributed by atoms with Gasteiger partial charge in [-0.25, -0.2) is 4.79 Å². The smallest absolute Gasteiger partial charge is 0.323 e. The van der Waals surface area contributed by atoms with E-state index in [-0.39, 0.29) is 6.54 Å². The van der Waals surface area contributed by atoms with E-state index in [1.807, 2.05) is 13.8 Å². The molecule has 1 unspecified atom stereocenters. The molecule has 0 heterocycles. The van der Waals surface area contributed by atoms with E-state index in [2.05, 4.69) is 5.32 Å². The summed E-state index contributed by atoms with van der Waals surface area (Å²) in [4.78, 5) is 35.1. The minimum absolute atomic E-state index is 0.341. The van der Waals surface area contributed by atoms with Gasteiger partial charge in [0.2, 0.25) is 5.91 Å². The number of nitrogens with zero attached hydrogens (tertiary/aromatic N) is 1. The van der Waals surface area contributed by atoms with Gasteiger partial charge in [0.15, 0.2) is 0 Å². The Kier molecular flexibility index (Phi) is 8.32. The van der Waals surface area contributed by atoms with E-state index in [0.29, 0.717) is 19.4 Å². The Bertz CT molecular complexity index is 320. The Morgan fingerprint density at radius 2 is 1.89 bits per heavy atom. The van der Waals surface area contributed by atoms with Crippen LogP contribution < -0.4 is 11.1 Å². The van der Waals surface area contributed by atoms with Crippen LogP contribution in [-0.2, 0) is 9.59 Å². The van der Waals surface area contributed by atoms with Crippen molar-refractivity contribution in [1.29, 1.82) is 0 Å². The molecular weight excluding hydrogens is 250 g/mol. The molecule has 7 heteroatoms. The zero-order chi connectivity index (χ0) is 14.8. The lowest BCUT2D eigenvalue weighted by Gasteiger charge is -2.25. The number of rotatable bonds is 9. The average molecular weight is 273 g/mol. The predicted molar refractivity (Wildman–Crippen MR) is 70.5 cm³/mol. The highest BCUT2D eigenvalue weighted by molar-refractivity contribution is 5.88. The van der Waals surface area contributed by atoms with Gasteiger partial charge < -0.3 is 21.1 Å². The third-order valence-electron chi connectivity index (χ3n) is 2.59. The summed E-state index contributed by atoms with van der Waals surface area (Å²) in [6, 6.07) is -1.52. The average Bonchev–Trinajstić information content (AvgIpc) is 2.32. The Hall–Kier alpha value is -1.79. The van der Waals surface area contributed by atoms with E-state index in [4.69, 9.17) is 10.8 Å². The second-order valence-electron chi connectivity index (χ2n) is 4.36. The molecule has 0 aromatic heterocycles.